The fourth-order valence-corrected chi connectivity index (χ4v) is 5.47. The molecule has 7 nitrogen and oxygen atoms in total. The molecule has 1 fully saturated rings. The SMILES string of the molecule is C=CC(=O)N1CCN(c2ncnc3c2C[C@@H](C)[C@H](c2c(C)ccc4c2cnn4C)C3)CC1. The molecule has 1 saturated heterocycles. The van der Waals surface area contributed by atoms with Crippen molar-refractivity contribution in [2.75, 3.05) is 31.1 Å². The largest absolute Gasteiger partial charge is 0.353 e. The molecule has 1 aliphatic carbocycles. The van der Waals surface area contributed by atoms with Crippen LogP contribution in [0, 0.1) is 12.8 Å². The lowest BCUT2D eigenvalue weighted by molar-refractivity contribution is -0.126. The Bertz CT molecular complexity index is 1190. The molecule has 0 radical (unpaired) electrons. The van der Waals surface area contributed by atoms with E-state index in [2.05, 4.69) is 47.5 Å². The van der Waals surface area contributed by atoms with Crippen molar-refractivity contribution in [2.45, 2.75) is 32.6 Å². The average Bonchev–Trinajstić information content (AvgIpc) is 3.18. The number of fused-ring (bicyclic) bond motifs is 2. The predicted molar refractivity (Wildman–Crippen MR) is 126 cm³/mol. The monoisotopic (exact) mass is 430 g/mol. The van der Waals surface area contributed by atoms with Gasteiger partial charge in [0.1, 0.15) is 12.1 Å². The molecule has 2 aromatic heterocycles. The van der Waals surface area contributed by atoms with Crippen LogP contribution in [0.15, 0.2) is 37.3 Å². The van der Waals surface area contributed by atoms with Gasteiger partial charge < -0.3 is 9.80 Å². The Morgan fingerprint density at radius 3 is 2.69 bits per heavy atom. The van der Waals surface area contributed by atoms with E-state index in [0.717, 1.165) is 37.4 Å². The van der Waals surface area contributed by atoms with Gasteiger partial charge in [0, 0.05) is 49.9 Å². The number of hydrogen-bond acceptors (Lipinski definition) is 5. The van der Waals surface area contributed by atoms with Crippen LogP contribution in [0.3, 0.4) is 0 Å². The smallest absolute Gasteiger partial charge is 0.246 e. The second kappa shape index (κ2) is 8.04. The molecule has 0 spiro atoms. The lowest BCUT2D eigenvalue weighted by Crippen LogP contribution is -2.49. The van der Waals surface area contributed by atoms with Gasteiger partial charge in [0.15, 0.2) is 0 Å². The van der Waals surface area contributed by atoms with Gasteiger partial charge in [0.2, 0.25) is 5.91 Å². The highest BCUT2D eigenvalue weighted by Gasteiger charge is 2.33. The van der Waals surface area contributed by atoms with E-state index in [4.69, 9.17) is 4.98 Å². The lowest BCUT2D eigenvalue weighted by Gasteiger charge is -2.38. The van der Waals surface area contributed by atoms with Crippen molar-refractivity contribution in [2.24, 2.45) is 13.0 Å². The highest BCUT2D eigenvalue weighted by Crippen LogP contribution is 2.42. The molecule has 0 saturated carbocycles. The van der Waals surface area contributed by atoms with E-state index < -0.39 is 0 Å². The zero-order valence-corrected chi connectivity index (χ0v) is 19.1. The maximum absolute atomic E-state index is 11.9. The first-order valence-corrected chi connectivity index (χ1v) is 11.4. The van der Waals surface area contributed by atoms with Crippen LogP contribution in [-0.4, -0.2) is 56.7 Å². The summed E-state index contributed by atoms with van der Waals surface area (Å²) in [5.41, 5.74) is 6.34. The third-order valence-electron chi connectivity index (χ3n) is 7.27. The fourth-order valence-electron chi connectivity index (χ4n) is 5.47. The molecule has 1 amide bonds. The Morgan fingerprint density at radius 1 is 1.16 bits per heavy atom. The van der Waals surface area contributed by atoms with Gasteiger partial charge in [-0.3, -0.25) is 9.48 Å². The maximum Gasteiger partial charge on any atom is 0.246 e. The summed E-state index contributed by atoms with van der Waals surface area (Å²) in [5, 5.41) is 5.77. The summed E-state index contributed by atoms with van der Waals surface area (Å²) in [5.74, 6) is 1.92. The number of nitrogens with zero attached hydrogens (tertiary/aromatic N) is 6. The molecule has 0 N–H and O–H groups in total. The summed E-state index contributed by atoms with van der Waals surface area (Å²) in [7, 11) is 2.00. The van der Waals surface area contributed by atoms with Crippen molar-refractivity contribution in [3.05, 3.63) is 59.7 Å². The number of benzene rings is 1. The molecule has 5 rings (SSSR count). The molecular formula is C25H30N6O. The molecule has 166 valence electrons. The van der Waals surface area contributed by atoms with Crippen LogP contribution in [0.1, 0.15) is 35.2 Å². The second-order valence-electron chi connectivity index (χ2n) is 9.13. The van der Waals surface area contributed by atoms with Crippen molar-refractivity contribution in [1.29, 1.82) is 0 Å². The summed E-state index contributed by atoms with van der Waals surface area (Å²) in [6.45, 7) is 11.1. The molecule has 3 heterocycles. The van der Waals surface area contributed by atoms with Gasteiger partial charge in [-0.25, -0.2) is 9.97 Å². The van der Waals surface area contributed by atoms with Gasteiger partial charge in [0.25, 0.3) is 0 Å². The molecule has 1 aromatic carbocycles. The maximum atomic E-state index is 11.9. The zero-order valence-electron chi connectivity index (χ0n) is 19.1. The molecule has 7 heteroatoms. The molecule has 2 atom stereocenters. The number of hydrogen-bond donors (Lipinski definition) is 0. The van der Waals surface area contributed by atoms with Crippen molar-refractivity contribution in [1.82, 2.24) is 24.6 Å². The molecule has 2 aliphatic rings. The van der Waals surface area contributed by atoms with Gasteiger partial charge in [0.05, 0.1) is 11.7 Å². The van der Waals surface area contributed by atoms with E-state index in [-0.39, 0.29) is 5.91 Å². The number of aryl methyl sites for hydroxylation is 2. The van der Waals surface area contributed by atoms with Crippen LogP contribution in [0.5, 0.6) is 0 Å². The first kappa shape index (κ1) is 20.7. The molecule has 32 heavy (non-hydrogen) atoms. The van der Waals surface area contributed by atoms with Crippen LogP contribution in [0.4, 0.5) is 5.82 Å². The lowest BCUT2D eigenvalue weighted by atomic mass is 9.73. The highest BCUT2D eigenvalue weighted by molar-refractivity contribution is 5.87. The van der Waals surface area contributed by atoms with E-state index >= 15 is 0 Å². The third-order valence-corrected chi connectivity index (χ3v) is 7.27. The van der Waals surface area contributed by atoms with Crippen LogP contribution in [-0.2, 0) is 24.7 Å². The number of amides is 1. The van der Waals surface area contributed by atoms with Crippen molar-refractivity contribution in [3.8, 4) is 0 Å². The van der Waals surface area contributed by atoms with Crippen LogP contribution in [0.25, 0.3) is 10.9 Å². The molecule has 3 aromatic rings. The predicted octanol–water partition coefficient (Wildman–Crippen LogP) is 3.02. The normalized spacial score (nSPS) is 21.0. The standard InChI is InChI=1S/C25H30N6O/c1-5-23(32)30-8-10-31(11-9-30)25-19-12-17(3)18(13-21(19)26-15-27-25)24-16(2)6-7-22-20(24)14-28-29(22)4/h5-7,14-15,17-18H,1,8-13H2,2-4H3/t17-,18-/m1/s1. The Hall–Kier alpha value is -3.22. The Balaban J connectivity index is 1.45. The van der Waals surface area contributed by atoms with E-state index in [1.807, 2.05) is 22.8 Å². The summed E-state index contributed by atoms with van der Waals surface area (Å²) in [4.78, 5) is 25.5. The van der Waals surface area contributed by atoms with E-state index in [1.165, 1.54) is 33.7 Å². The van der Waals surface area contributed by atoms with Crippen molar-refractivity contribution in [3.63, 3.8) is 0 Å². The second-order valence-corrected chi connectivity index (χ2v) is 9.13. The van der Waals surface area contributed by atoms with Gasteiger partial charge >= 0.3 is 0 Å². The first-order chi connectivity index (χ1) is 15.5. The zero-order chi connectivity index (χ0) is 22.4. The van der Waals surface area contributed by atoms with Gasteiger partial charge in [-0.2, -0.15) is 5.10 Å². The summed E-state index contributed by atoms with van der Waals surface area (Å²) in [6.07, 6.45) is 6.98. The summed E-state index contributed by atoms with van der Waals surface area (Å²) in [6, 6.07) is 4.39. The number of carbonyl (C=O) groups is 1. The van der Waals surface area contributed by atoms with Gasteiger partial charge in [-0.05, 0) is 54.9 Å². The van der Waals surface area contributed by atoms with Gasteiger partial charge in [-0.15, -0.1) is 0 Å². The van der Waals surface area contributed by atoms with E-state index in [0.29, 0.717) is 24.9 Å². The summed E-state index contributed by atoms with van der Waals surface area (Å²) < 4.78 is 1.96. The minimum absolute atomic E-state index is 0.00535. The Kier molecular flexibility index (Phi) is 5.19. The Labute approximate surface area is 188 Å². The average molecular weight is 431 g/mol. The van der Waals surface area contributed by atoms with Crippen molar-refractivity contribution < 1.29 is 4.79 Å². The number of rotatable bonds is 3. The van der Waals surface area contributed by atoms with Crippen molar-refractivity contribution >= 4 is 22.6 Å². The third kappa shape index (κ3) is 3.36. The topological polar surface area (TPSA) is 67.2 Å². The van der Waals surface area contributed by atoms with Gasteiger partial charge in [-0.1, -0.05) is 19.6 Å². The number of aromatic nitrogens is 4. The van der Waals surface area contributed by atoms with Crippen LogP contribution < -0.4 is 4.90 Å². The minimum Gasteiger partial charge on any atom is -0.353 e. The number of piperazine rings is 1. The van der Waals surface area contributed by atoms with Crippen LogP contribution >= 0.6 is 0 Å². The van der Waals surface area contributed by atoms with E-state index in [1.54, 1.807) is 6.33 Å². The molecule has 0 bridgehead atoms. The molecule has 1 aliphatic heterocycles. The first-order valence-electron chi connectivity index (χ1n) is 11.4. The highest BCUT2D eigenvalue weighted by atomic mass is 16.2. The Morgan fingerprint density at radius 2 is 1.94 bits per heavy atom. The number of carbonyl (C=O) groups excluding carboxylic acids is 1. The fraction of sp³-hybridized carbons (Fsp3) is 0.440. The quantitative estimate of drug-likeness (QED) is 0.598. The summed E-state index contributed by atoms with van der Waals surface area (Å²) >= 11 is 0. The van der Waals surface area contributed by atoms with E-state index in [9.17, 15) is 4.79 Å². The van der Waals surface area contributed by atoms with Crippen LogP contribution in [0.2, 0.25) is 0 Å². The minimum atomic E-state index is 0.00535. The molecule has 0 unspecified atom stereocenters. The number of anilines is 1. The molecular weight excluding hydrogens is 400 g/mol.